The van der Waals surface area contributed by atoms with Gasteiger partial charge in [0.15, 0.2) is 0 Å². The number of carboxylic acid groups (broad SMARTS) is 1. The zero-order valence-corrected chi connectivity index (χ0v) is 14.7. The molecule has 132 valence electrons. The van der Waals surface area contributed by atoms with E-state index in [2.05, 4.69) is 5.32 Å². The number of ether oxygens (including phenoxy) is 1. The van der Waals surface area contributed by atoms with Gasteiger partial charge in [0.1, 0.15) is 22.9 Å². The SMILES string of the molecule is CC(C)OC(=O)c1cccc(-c2ccc(C3NC(C(=O)O)CS3)o2)c1. The van der Waals surface area contributed by atoms with E-state index in [-0.39, 0.29) is 17.4 Å². The Bertz CT molecular complexity index is 785. The standard InChI is InChI=1S/C18H19NO5S/c1-10(2)23-18(22)12-5-3-4-11(8-12)14-6-7-15(24-14)16-19-13(9-25-16)17(20)21/h3-8,10,13,16,19H,9H2,1-2H3,(H,20,21). The van der Waals surface area contributed by atoms with Gasteiger partial charge in [0.05, 0.1) is 11.7 Å². The van der Waals surface area contributed by atoms with Gasteiger partial charge in [0.2, 0.25) is 0 Å². The van der Waals surface area contributed by atoms with E-state index in [4.69, 9.17) is 14.3 Å². The number of carbonyl (C=O) groups excluding carboxylic acids is 1. The number of thioether (sulfide) groups is 1. The average molecular weight is 361 g/mol. The highest BCUT2D eigenvalue weighted by Crippen LogP contribution is 2.35. The second-order valence-corrected chi connectivity index (χ2v) is 7.15. The zero-order valence-electron chi connectivity index (χ0n) is 13.9. The summed E-state index contributed by atoms with van der Waals surface area (Å²) in [5.74, 6) is 0.542. The Morgan fingerprint density at radius 3 is 2.80 bits per heavy atom. The number of furan rings is 1. The predicted molar refractivity (Wildman–Crippen MR) is 94.5 cm³/mol. The molecule has 2 N–H and O–H groups in total. The Morgan fingerprint density at radius 1 is 1.32 bits per heavy atom. The molecule has 2 atom stereocenters. The number of benzene rings is 1. The molecule has 2 unspecified atom stereocenters. The summed E-state index contributed by atoms with van der Waals surface area (Å²) in [5.41, 5.74) is 1.23. The summed E-state index contributed by atoms with van der Waals surface area (Å²) in [6.45, 7) is 3.61. The number of aliphatic carboxylic acids is 1. The minimum Gasteiger partial charge on any atom is -0.480 e. The summed E-state index contributed by atoms with van der Waals surface area (Å²) in [7, 11) is 0. The highest BCUT2D eigenvalue weighted by atomic mass is 32.2. The molecule has 0 saturated carbocycles. The van der Waals surface area contributed by atoms with Crippen LogP contribution in [0.4, 0.5) is 0 Å². The summed E-state index contributed by atoms with van der Waals surface area (Å²) >= 11 is 1.50. The molecule has 2 heterocycles. The second-order valence-electron chi connectivity index (χ2n) is 6.01. The molecular formula is C18H19NO5S. The van der Waals surface area contributed by atoms with Gasteiger partial charge in [0, 0.05) is 11.3 Å². The van der Waals surface area contributed by atoms with Crippen molar-refractivity contribution >= 4 is 23.7 Å². The predicted octanol–water partition coefficient (Wildman–Crippen LogP) is 3.30. The Labute approximate surface area is 149 Å². The van der Waals surface area contributed by atoms with Crippen molar-refractivity contribution in [2.45, 2.75) is 31.4 Å². The maximum absolute atomic E-state index is 12.0. The first-order chi connectivity index (χ1) is 11.9. The van der Waals surface area contributed by atoms with E-state index in [1.807, 2.05) is 18.2 Å². The molecule has 0 radical (unpaired) electrons. The van der Waals surface area contributed by atoms with Crippen LogP contribution in [0.1, 0.15) is 35.3 Å². The fraction of sp³-hybridized carbons (Fsp3) is 0.333. The summed E-state index contributed by atoms with van der Waals surface area (Å²) in [5, 5.41) is 11.9. The van der Waals surface area contributed by atoms with E-state index in [1.54, 1.807) is 32.0 Å². The first-order valence-electron chi connectivity index (χ1n) is 7.95. The molecular weight excluding hydrogens is 342 g/mol. The molecule has 1 saturated heterocycles. The minimum absolute atomic E-state index is 0.181. The number of rotatable bonds is 5. The van der Waals surface area contributed by atoms with Crippen molar-refractivity contribution in [2.24, 2.45) is 0 Å². The van der Waals surface area contributed by atoms with Crippen LogP contribution in [0.3, 0.4) is 0 Å². The van der Waals surface area contributed by atoms with Gasteiger partial charge in [-0.2, -0.15) is 0 Å². The van der Waals surface area contributed by atoms with Crippen LogP contribution < -0.4 is 5.32 Å². The topological polar surface area (TPSA) is 88.8 Å². The van der Waals surface area contributed by atoms with Gasteiger partial charge < -0.3 is 14.3 Å². The molecule has 1 aliphatic heterocycles. The van der Waals surface area contributed by atoms with Crippen molar-refractivity contribution in [1.29, 1.82) is 0 Å². The van der Waals surface area contributed by atoms with Gasteiger partial charge in [-0.05, 0) is 38.1 Å². The van der Waals surface area contributed by atoms with Crippen molar-refractivity contribution in [2.75, 3.05) is 5.75 Å². The van der Waals surface area contributed by atoms with Crippen LogP contribution in [0.2, 0.25) is 0 Å². The number of carbonyl (C=O) groups is 2. The number of esters is 1. The van der Waals surface area contributed by atoms with Gasteiger partial charge in [-0.15, -0.1) is 11.8 Å². The molecule has 1 aliphatic rings. The Kier molecular flexibility index (Phi) is 5.15. The molecule has 7 heteroatoms. The van der Waals surface area contributed by atoms with Crippen LogP contribution >= 0.6 is 11.8 Å². The van der Waals surface area contributed by atoms with Crippen LogP contribution in [0.5, 0.6) is 0 Å². The first kappa shape index (κ1) is 17.6. The number of hydrogen-bond acceptors (Lipinski definition) is 6. The van der Waals surface area contributed by atoms with Crippen molar-refractivity contribution in [3.8, 4) is 11.3 Å². The number of carboxylic acids is 1. The average Bonchev–Trinajstić information content (AvgIpc) is 3.23. The zero-order chi connectivity index (χ0) is 18.0. The van der Waals surface area contributed by atoms with E-state index < -0.39 is 12.0 Å². The van der Waals surface area contributed by atoms with Crippen LogP contribution in [0, 0.1) is 0 Å². The van der Waals surface area contributed by atoms with Gasteiger partial charge in [-0.1, -0.05) is 12.1 Å². The molecule has 0 amide bonds. The van der Waals surface area contributed by atoms with E-state index in [0.717, 1.165) is 5.56 Å². The van der Waals surface area contributed by atoms with E-state index >= 15 is 0 Å². The second kappa shape index (κ2) is 7.33. The first-order valence-corrected chi connectivity index (χ1v) is 9.00. The Hall–Kier alpha value is -2.25. The summed E-state index contributed by atoms with van der Waals surface area (Å²) in [6, 6.07) is 10.1. The molecule has 1 aromatic heterocycles. The maximum Gasteiger partial charge on any atom is 0.338 e. The van der Waals surface area contributed by atoms with E-state index in [1.165, 1.54) is 11.8 Å². The third-order valence-electron chi connectivity index (χ3n) is 3.69. The minimum atomic E-state index is -0.863. The lowest BCUT2D eigenvalue weighted by Gasteiger charge is -2.09. The Morgan fingerprint density at radius 2 is 2.12 bits per heavy atom. The van der Waals surface area contributed by atoms with E-state index in [0.29, 0.717) is 22.8 Å². The van der Waals surface area contributed by atoms with Gasteiger partial charge in [-0.25, -0.2) is 4.79 Å². The lowest BCUT2D eigenvalue weighted by molar-refractivity contribution is -0.138. The van der Waals surface area contributed by atoms with Gasteiger partial charge in [0.25, 0.3) is 0 Å². The lowest BCUT2D eigenvalue weighted by Crippen LogP contribution is -2.33. The van der Waals surface area contributed by atoms with Gasteiger partial charge in [-0.3, -0.25) is 10.1 Å². The van der Waals surface area contributed by atoms with Crippen LogP contribution in [-0.4, -0.2) is 34.9 Å². The highest BCUT2D eigenvalue weighted by molar-refractivity contribution is 7.99. The van der Waals surface area contributed by atoms with Crippen molar-refractivity contribution < 1.29 is 23.8 Å². The molecule has 2 aromatic rings. The normalized spacial score (nSPS) is 20.0. The molecule has 25 heavy (non-hydrogen) atoms. The molecule has 1 aromatic carbocycles. The van der Waals surface area contributed by atoms with Crippen molar-refractivity contribution in [1.82, 2.24) is 5.32 Å². The van der Waals surface area contributed by atoms with Crippen molar-refractivity contribution in [3.63, 3.8) is 0 Å². The van der Waals surface area contributed by atoms with Crippen LogP contribution in [-0.2, 0) is 9.53 Å². The molecule has 0 spiro atoms. The number of hydrogen-bond donors (Lipinski definition) is 2. The number of nitrogens with one attached hydrogen (secondary N) is 1. The third kappa shape index (κ3) is 4.05. The van der Waals surface area contributed by atoms with Crippen LogP contribution in [0.15, 0.2) is 40.8 Å². The maximum atomic E-state index is 12.0. The van der Waals surface area contributed by atoms with Gasteiger partial charge >= 0.3 is 11.9 Å². The largest absolute Gasteiger partial charge is 0.480 e. The van der Waals surface area contributed by atoms with Crippen molar-refractivity contribution in [3.05, 3.63) is 47.7 Å². The molecule has 6 nitrogen and oxygen atoms in total. The monoisotopic (exact) mass is 361 g/mol. The smallest absolute Gasteiger partial charge is 0.338 e. The molecule has 0 bridgehead atoms. The third-order valence-corrected chi connectivity index (χ3v) is 4.92. The summed E-state index contributed by atoms with van der Waals surface area (Å²) in [6.07, 6.45) is -0.181. The molecule has 0 aliphatic carbocycles. The quantitative estimate of drug-likeness (QED) is 0.790. The summed E-state index contributed by atoms with van der Waals surface area (Å²) < 4.78 is 11.1. The highest BCUT2D eigenvalue weighted by Gasteiger charge is 2.32. The lowest BCUT2D eigenvalue weighted by atomic mass is 10.1. The molecule has 1 fully saturated rings. The van der Waals surface area contributed by atoms with Crippen LogP contribution in [0.25, 0.3) is 11.3 Å². The summed E-state index contributed by atoms with van der Waals surface area (Å²) in [4.78, 5) is 23.1. The van der Waals surface area contributed by atoms with E-state index in [9.17, 15) is 9.59 Å². The fourth-order valence-corrected chi connectivity index (χ4v) is 3.68. The molecule has 3 rings (SSSR count). The fourth-order valence-electron chi connectivity index (χ4n) is 2.51. The Balaban J connectivity index is 1.76.